The number of benzene rings is 1. The first-order chi connectivity index (χ1) is 10.6. The number of aromatic nitrogens is 1. The number of nitrogens with zero attached hydrogens (tertiary/aromatic N) is 1. The zero-order valence-electron chi connectivity index (χ0n) is 12.9. The van der Waals surface area contributed by atoms with Gasteiger partial charge in [0, 0.05) is 17.1 Å². The maximum atomic E-state index is 12.2. The van der Waals surface area contributed by atoms with Gasteiger partial charge >= 0.3 is 0 Å². The Kier molecular flexibility index (Phi) is 3.67. The Hall–Kier alpha value is -2.62. The third-order valence-electron chi connectivity index (χ3n) is 3.92. The zero-order chi connectivity index (χ0) is 15.7. The number of nitrogens with one attached hydrogen (secondary N) is 1. The second kappa shape index (κ2) is 5.64. The minimum Gasteiger partial charge on any atom is -0.464 e. The average molecular weight is 294 g/mol. The normalized spacial score (nSPS) is 10.9. The Labute approximate surface area is 129 Å². The van der Waals surface area contributed by atoms with Crippen molar-refractivity contribution in [3.63, 3.8) is 0 Å². The van der Waals surface area contributed by atoms with E-state index in [-0.39, 0.29) is 12.3 Å². The van der Waals surface area contributed by atoms with E-state index in [1.807, 2.05) is 19.9 Å². The average Bonchev–Trinajstić information content (AvgIpc) is 2.90. The molecule has 1 aromatic carbocycles. The van der Waals surface area contributed by atoms with Crippen LogP contribution in [0.5, 0.6) is 0 Å². The number of aryl methyl sites for hydroxylation is 3. The van der Waals surface area contributed by atoms with Crippen LogP contribution in [-0.4, -0.2) is 10.9 Å². The van der Waals surface area contributed by atoms with Gasteiger partial charge in [0.25, 0.3) is 0 Å². The Morgan fingerprint density at radius 3 is 2.82 bits per heavy atom. The smallest absolute Gasteiger partial charge is 0.228 e. The van der Waals surface area contributed by atoms with Gasteiger partial charge in [-0.05, 0) is 49.6 Å². The van der Waals surface area contributed by atoms with Crippen LogP contribution in [0.15, 0.2) is 41.3 Å². The van der Waals surface area contributed by atoms with E-state index >= 15 is 0 Å². The summed E-state index contributed by atoms with van der Waals surface area (Å²) in [5.41, 5.74) is 5.95. The fourth-order valence-corrected chi connectivity index (χ4v) is 2.73. The second-order valence-corrected chi connectivity index (χ2v) is 5.57. The molecule has 0 fully saturated rings. The summed E-state index contributed by atoms with van der Waals surface area (Å²) in [4.78, 5) is 16.2. The van der Waals surface area contributed by atoms with E-state index in [4.69, 9.17) is 4.42 Å². The highest BCUT2D eigenvalue weighted by atomic mass is 16.3. The molecular weight excluding hydrogens is 276 g/mol. The maximum absolute atomic E-state index is 12.2. The molecule has 112 valence electrons. The van der Waals surface area contributed by atoms with E-state index in [1.54, 1.807) is 24.7 Å². The van der Waals surface area contributed by atoms with Crippen molar-refractivity contribution in [2.75, 3.05) is 5.32 Å². The molecule has 0 aliphatic heterocycles. The van der Waals surface area contributed by atoms with Crippen molar-refractivity contribution in [1.29, 1.82) is 0 Å². The molecule has 0 spiro atoms. The van der Waals surface area contributed by atoms with Gasteiger partial charge in [0.05, 0.1) is 24.6 Å². The number of amides is 1. The number of rotatable bonds is 3. The summed E-state index contributed by atoms with van der Waals surface area (Å²) < 4.78 is 5.70. The summed E-state index contributed by atoms with van der Waals surface area (Å²) >= 11 is 0. The molecular formula is C18H18N2O2. The molecule has 0 saturated carbocycles. The highest BCUT2D eigenvalue weighted by Gasteiger charge is 2.15. The zero-order valence-corrected chi connectivity index (χ0v) is 12.9. The quantitative estimate of drug-likeness (QED) is 0.796. The first-order valence-corrected chi connectivity index (χ1v) is 7.23. The Morgan fingerprint density at radius 1 is 1.27 bits per heavy atom. The lowest BCUT2D eigenvalue weighted by molar-refractivity contribution is -0.115. The van der Waals surface area contributed by atoms with Crippen LogP contribution in [-0.2, 0) is 11.2 Å². The molecule has 4 nitrogen and oxygen atoms in total. The van der Waals surface area contributed by atoms with Gasteiger partial charge in [-0.3, -0.25) is 9.78 Å². The minimum atomic E-state index is -0.0756. The van der Waals surface area contributed by atoms with Gasteiger partial charge in [-0.2, -0.15) is 0 Å². The standard InChI is InChI=1S/C18H18N2O2/c1-11-7-12(2)17-14(10-22-18(17)13(11)3)8-16(21)20-15-5-4-6-19-9-15/h4-7,9-10H,8H2,1-3H3,(H,20,21). The number of carbonyl (C=O) groups excluding carboxylic acids is 1. The van der Waals surface area contributed by atoms with Crippen molar-refractivity contribution in [2.45, 2.75) is 27.2 Å². The lowest BCUT2D eigenvalue weighted by atomic mass is 9.99. The predicted molar refractivity (Wildman–Crippen MR) is 87.0 cm³/mol. The molecule has 1 amide bonds. The van der Waals surface area contributed by atoms with E-state index < -0.39 is 0 Å². The highest BCUT2D eigenvalue weighted by Crippen LogP contribution is 2.30. The van der Waals surface area contributed by atoms with Crippen LogP contribution >= 0.6 is 0 Å². The molecule has 0 aliphatic rings. The second-order valence-electron chi connectivity index (χ2n) is 5.57. The Balaban J connectivity index is 1.88. The van der Waals surface area contributed by atoms with Gasteiger partial charge in [-0.15, -0.1) is 0 Å². The van der Waals surface area contributed by atoms with Gasteiger partial charge in [-0.25, -0.2) is 0 Å². The van der Waals surface area contributed by atoms with Gasteiger partial charge in [0.15, 0.2) is 0 Å². The number of pyridine rings is 1. The van der Waals surface area contributed by atoms with Gasteiger partial charge in [-0.1, -0.05) is 6.07 Å². The summed E-state index contributed by atoms with van der Waals surface area (Å²) in [7, 11) is 0. The predicted octanol–water partition coefficient (Wildman–Crippen LogP) is 3.93. The fourth-order valence-electron chi connectivity index (χ4n) is 2.73. The first kappa shape index (κ1) is 14.3. The van der Waals surface area contributed by atoms with Crippen molar-refractivity contribution < 1.29 is 9.21 Å². The molecule has 2 heterocycles. The topological polar surface area (TPSA) is 55.1 Å². The Morgan fingerprint density at radius 2 is 2.09 bits per heavy atom. The molecule has 0 saturated heterocycles. The maximum Gasteiger partial charge on any atom is 0.228 e. The van der Waals surface area contributed by atoms with Crippen molar-refractivity contribution >= 4 is 22.6 Å². The fraction of sp³-hybridized carbons (Fsp3) is 0.222. The van der Waals surface area contributed by atoms with Crippen LogP contribution in [0.2, 0.25) is 0 Å². The molecule has 0 bridgehead atoms. The molecule has 4 heteroatoms. The third-order valence-corrected chi connectivity index (χ3v) is 3.92. The summed E-state index contributed by atoms with van der Waals surface area (Å²) in [6.07, 6.45) is 5.27. The number of hydrogen-bond acceptors (Lipinski definition) is 3. The van der Waals surface area contributed by atoms with E-state index in [0.717, 1.165) is 27.7 Å². The van der Waals surface area contributed by atoms with E-state index in [0.29, 0.717) is 5.69 Å². The number of furan rings is 1. The van der Waals surface area contributed by atoms with Crippen molar-refractivity contribution in [3.05, 3.63) is 59.1 Å². The van der Waals surface area contributed by atoms with Crippen LogP contribution in [0.25, 0.3) is 11.0 Å². The van der Waals surface area contributed by atoms with Crippen LogP contribution in [0, 0.1) is 20.8 Å². The van der Waals surface area contributed by atoms with Gasteiger partial charge in [0.1, 0.15) is 5.58 Å². The highest BCUT2D eigenvalue weighted by molar-refractivity contribution is 5.96. The van der Waals surface area contributed by atoms with Crippen molar-refractivity contribution in [1.82, 2.24) is 4.98 Å². The van der Waals surface area contributed by atoms with Crippen molar-refractivity contribution in [3.8, 4) is 0 Å². The summed E-state index contributed by atoms with van der Waals surface area (Å²) in [5.74, 6) is -0.0756. The SMILES string of the molecule is Cc1cc(C)c2c(CC(=O)Nc3cccnc3)coc2c1C. The molecule has 0 aliphatic carbocycles. The first-order valence-electron chi connectivity index (χ1n) is 7.23. The lowest BCUT2D eigenvalue weighted by Gasteiger charge is -2.06. The minimum absolute atomic E-state index is 0.0756. The third kappa shape index (κ3) is 2.60. The monoisotopic (exact) mass is 294 g/mol. The molecule has 22 heavy (non-hydrogen) atoms. The summed E-state index contributed by atoms with van der Waals surface area (Å²) in [6, 6.07) is 5.74. The molecule has 2 aromatic heterocycles. The van der Waals surface area contributed by atoms with E-state index in [2.05, 4.69) is 23.3 Å². The molecule has 0 unspecified atom stereocenters. The van der Waals surface area contributed by atoms with Crippen LogP contribution in [0.4, 0.5) is 5.69 Å². The molecule has 3 aromatic rings. The summed E-state index contributed by atoms with van der Waals surface area (Å²) in [6.45, 7) is 6.16. The molecule has 3 rings (SSSR count). The molecule has 1 N–H and O–H groups in total. The van der Waals surface area contributed by atoms with Crippen LogP contribution < -0.4 is 5.32 Å². The number of anilines is 1. The van der Waals surface area contributed by atoms with Gasteiger partial charge < -0.3 is 9.73 Å². The van der Waals surface area contributed by atoms with Crippen LogP contribution in [0.1, 0.15) is 22.3 Å². The van der Waals surface area contributed by atoms with E-state index in [1.165, 1.54) is 5.56 Å². The van der Waals surface area contributed by atoms with E-state index in [9.17, 15) is 4.79 Å². The summed E-state index contributed by atoms with van der Waals surface area (Å²) in [5, 5.41) is 3.89. The van der Waals surface area contributed by atoms with Gasteiger partial charge in [0.2, 0.25) is 5.91 Å². The largest absolute Gasteiger partial charge is 0.464 e. The molecule has 0 atom stereocenters. The molecule has 0 radical (unpaired) electrons. The Bertz CT molecular complexity index is 835. The number of fused-ring (bicyclic) bond motifs is 1. The number of carbonyl (C=O) groups is 1. The van der Waals surface area contributed by atoms with Crippen molar-refractivity contribution in [2.24, 2.45) is 0 Å². The number of hydrogen-bond donors (Lipinski definition) is 1. The lowest BCUT2D eigenvalue weighted by Crippen LogP contribution is -2.14. The van der Waals surface area contributed by atoms with Crippen LogP contribution in [0.3, 0.4) is 0 Å².